The van der Waals surface area contributed by atoms with Gasteiger partial charge in [0.05, 0.1) is 12.1 Å². The summed E-state index contributed by atoms with van der Waals surface area (Å²) in [6.07, 6.45) is 12.9. The topological polar surface area (TPSA) is 55.1 Å². The van der Waals surface area contributed by atoms with Crippen molar-refractivity contribution in [1.82, 2.24) is 9.78 Å². The Morgan fingerprint density at radius 2 is 1.93 bits per heavy atom. The Morgan fingerprint density at radius 3 is 2.68 bits per heavy atom. The van der Waals surface area contributed by atoms with Crippen molar-refractivity contribution in [3.63, 3.8) is 0 Å². The van der Waals surface area contributed by atoms with Crippen molar-refractivity contribution in [2.75, 3.05) is 0 Å². The Balaban J connectivity index is 1.32. The van der Waals surface area contributed by atoms with Crippen LogP contribution in [-0.4, -0.2) is 26.3 Å². The van der Waals surface area contributed by atoms with E-state index in [0.717, 1.165) is 37.0 Å². The Morgan fingerprint density at radius 1 is 1.11 bits per heavy atom. The van der Waals surface area contributed by atoms with Crippen LogP contribution < -0.4 is 0 Å². The maximum Gasteiger partial charge on any atom is 0.157 e. The Labute approximate surface area is 169 Å². The first-order valence-electron chi connectivity index (χ1n) is 11.5. The zero-order chi connectivity index (χ0) is 19.7. The lowest BCUT2D eigenvalue weighted by atomic mass is 9.37. The predicted molar refractivity (Wildman–Crippen MR) is 108 cm³/mol. The van der Waals surface area contributed by atoms with Gasteiger partial charge in [-0.15, -0.1) is 0 Å². The molecule has 5 rings (SSSR count). The normalized spacial score (nSPS) is 50.1. The zero-order valence-corrected chi connectivity index (χ0v) is 17.7. The predicted octanol–water partition coefficient (Wildman–Crippen LogP) is 4.47. The highest BCUT2D eigenvalue weighted by Gasteiger charge is 2.64. The fourth-order valence-electron chi connectivity index (χ4n) is 8.18. The molecule has 8 atom stereocenters. The molecule has 4 aliphatic rings. The first-order chi connectivity index (χ1) is 13.2. The molecule has 0 saturated heterocycles. The van der Waals surface area contributed by atoms with Crippen LogP contribution in [0.2, 0.25) is 0 Å². The minimum Gasteiger partial charge on any atom is -0.390 e. The molecule has 0 aromatic carbocycles. The molecule has 1 aromatic heterocycles. The number of carbonyl (C=O) groups excluding carboxylic acids is 1. The van der Waals surface area contributed by atoms with Crippen LogP contribution in [0.1, 0.15) is 72.1 Å². The molecule has 4 fully saturated rings. The van der Waals surface area contributed by atoms with Crippen molar-refractivity contribution >= 4 is 5.78 Å². The molecule has 0 bridgehead atoms. The maximum absolute atomic E-state index is 13.0. The number of ketones is 1. The number of carbonyl (C=O) groups is 1. The first-order valence-corrected chi connectivity index (χ1v) is 11.5. The van der Waals surface area contributed by atoms with Gasteiger partial charge >= 0.3 is 0 Å². The second-order valence-corrected chi connectivity index (χ2v) is 11.4. The molecular formula is C24H36N2O2. The summed E-state index contributed by atoms with van der Waals surface area (Å²) in [4.78, 5) is 13.0. The summed E-state index contributed by atoms with van der Waals surface area (Å²) < 4.78 is 1.78. The lowest BCUT2D eigenvalue weighted by molar-refractivity contribution is -0.196. The fourth-order valence-corrected chi connectivity index (χ4v) is 8.18. The second kappa shape index (κ2) is 6.17. The molecule has 1 heterocycles. The molecule has 0 amide bonds. The average Bonchev–Trinajstić information content (AvgIpc) is 3.12. The number of hydrogen-bond acceptors (Lipinski definition) is 3. The van der Waals surface area contributed by atoms with E-state index < -0.39 is 5.60 Å². The van der Waals surface area contributed by atoms with Crippen molar-refractivity contribution in [3.05, 3.63) is 18.5 Å². The van der Waals surface area contributed by atoms with E-state index in [9.17, 15) is 9.90 Å². The van der Waals surface area contributed by atoms with Gasteiger partial charge in [-0.1, -0.05) is 13.8 Å². The van der Waals surface area contributed by atoms with Crippen LogP contribution in [0.25, 0.3) is 0 Å². The van der Waals surface area contributed by atoms with Gasteiger partial charge in [0.1, 0.15) is 0 Å². The number of rotatable bonds is 3. The molecule has 0 aliphatic heterocycles. The van der Waals surface area contributed by atoms with E-state index in [2.05, 4.69) is 18.9 Å². The largest absolute Gasteiger partial charge is 0.390 e. The van der Waals surface area contributed by atoms with Gasteiger partial charge in [-0.3, -0.25) is 9.48 Å². The number of aromatic nitrogens is 2. The Kier molecular flexibility index (Phi) is 4.15. The quantitative estimate of drug-likeness (QED) is 0.836. The van der Waals surface area contributed by atoms with Gasteiger partial charge < -0.3 is 5.11 Å². The SMILES string of the molecule is C[C@@]1(O)CC[C@@]2(C)[C@H](CC[C@@H]3[C@@H]2CC[C@]2(C)[C@@H](C(=O)Cn4cccn4)C[C@@H]32)C1. The van der Waals surface area contributed by atoms with Crippen LogP contribution >= 0.6 is 0 Å². The molecular weight excluding hydrogens is 348 g/mol. The molecule has 1 aromatic rings. The zero-order valence-electron chi connectivity index (χ0n) is 17.7. The molecule has 4 heteroatoms. The molecule has 0 radical (unpaired) electrons. The summed E-state index contributed by atoms with van der Waals surface area (Å²) >= 11 is 0. The first kappa shape index (κ1) is 18.8. The van der Waals surface area contributed by atoms with E-state index in [1.54, 1.807) is 10.9 Å². The van der Waals surface area contributed by atoms with E-state index in [1.165, 1.54) is 32.1 Å². The Hall–Kier alpha value is -1.16. The van der Waals surface area contributed by atoms with Gasteiger partial charge in [-0.05, 0) is 98.9 Å². The maximum atomic E-state index is 13.0. The number of Topliss-reactive ketones (excluding diaryl/α,β-unsaturated/α-hetero) is 1. The summed E-state index contributed by atoms with van der Waals surface area (Å²) in [5, 5.41) is 14.9. The third-order valence-corrected chi connectivity index (χ3v) is 9.94. The molecule has 0 unspecified atom stereocenters. The van der Waals surface area contributed by atoms with Crippen molar-refractivity contribution in [2.45, 2.75) is 84.3 Å². The summed E-state index contributed by atoms with van der Waals surface area (Å²) in [6.45, 7) is 7.41. The molecule has 1 N–H and O–H groups in total. The van der Waals surface area contributed by atoms with Crippen molar-refractivity contribution in [1.29, 1.82) is 0 Å². The van der Waals surface area contributed by atoms with E-state index in [1.807, 2.05) is 19.2 Å². The van der Waals surface area contributed by atoms with Crippen LogP contribution in [0, 0.1) is 40.4 Å². The minimum atomic E-state index is -0.458. The van der Waals surface area contributed by atoms with E-state index >= 15 is 0 Å². The molecule has 28 heavy (non-hydrogen) atoms. The number of fused-ring (bicyclic) bond motifs is 5. The third-order valence-electron chi connectivity index (χ3n) is 9.94. The van der Waals surface area contributed by atoms with Gasteiger partial charge in [0, 0.05) is 18.3 Å². The highest BCUT2D eigenvalue weighted by atomic mass is 16.3. The van der Waals surface area contributed by atoms with E-state index in [4.69, 9.17) is 0 Å². The van der Waals surface area contributed by atoms with Crippen LogP contribution in [0.4, 0.5) is 0 Å². The lowest BCUT2D eigenvalue weighted by Gasteiger charge is -2.67. The van der Waals surface area contributed by atoms with E-state index in [0.29, 0.717) is 23.7 Å². The number of aliphatic hydroxyl groups is 1. The Bertz CT molecular complexity index is 757. The summed E-state index contributed by atoms with van der Waals surface area (Å²) in [5.41, 5.74) is 0.145. The summed E-state index contributed by atoms with van der Waals surface area (Å²) in [5.74, 6) is 3.59. The standard InChI is InChI=1S/C24H36N2O2/c1-22(28)9-10-23(2)16(14-22)5-6-17-18(23)7-8-24(3)19(17)13-20(24)21(27)15-26-12-4-11-25-26/h4,11-12,16-20,28H,5-10,13-15H2,1-3H3/t16-,17-,18+,19+,20-,22-,23+,24+/m1/s1. The van der Waals surface area contributed by atoms with Gasteiger partial charge in [-0.25, -0.2) is 0 Å². The van der Waals surface area contributed by atoms with Crippen molar-refractivity contribution in [3.8, 4) is 0 Å². The molecule has 154 valence electrons. The van der Waals surface area contributed by atoms with Gasteiger partial charge in [0.2, 0.25) is 0 Å². The van der Waals surface area contributed by atoms with E-state index in [-0.39, 0.29) is 11.3 Å². The fraction of sp³-hybridized carbons (Fsp3) is 0.833. The third kappa shape index (κ3) is 2.66. The van der Waals surface area contributed by atoms with Crippen molar-refractivity contribution in [2.24, 2.45) is 40.4 Å². The van der Waals surface area contributed by atoms with Crippen LogP contribution in [0.5, 0.6) is 0 Å². The van der Waals surface area contributed by atoms with Crippen LogP contribution in [-0.2, 0) is 11.3 Å². The summed E-state index contributed by atoms with van der Waals surface area (Å²) in [7, 11) is 0. The highest BCUT2D eigenvalue weighted by molar-refractivity contribution is 5.82. The second-order valence-electron chi connectivity index (χ2n) is 11.4. The highest BCUT2D eigenvalue weighted by Crippen LogP contribution is 2.70. The summed E-state index contributed by atoms with van der Waals surface area (Å²) in [6, 6.07) is 1.89. The average molecular weight is 385 g/mol. The van der Waals surface area contributed by atoms with Gasteiger partial charge in [0.25, 0.3) is 0 Å². The molecule has 4 saturated carbocycles. The number of nitrogens with zero attached hydrogens (tertiary/aromatic N) is 2. The monoisotopic (exact) mass is 384 g/mol. The molecule has 4 nitrogen and oxygen atoms in total. The van der Waals surface area contributed by atoms with Crippen molar-refractivity contribution < 1.29 is 9.90 Å². The van der Waals surface area contributed by atoms with Gasteiger partial charge in [0.15, 0.2) is 5.78 Å². The number of hydrogen-bond donors (Lipinski definition) is 1. The molecule has 0 spiro atoms. The van der Waals surface area contributed by atoms with Crippen LogP contribution in [0.3, 0.4) is 0 Å². The minimum absolute atomic E-state index is 0.203. The van der Waals surface area contributed by atoms with Crippen LogP contribution in [0.15, 0.2) is 18.5 Å². The smallest absolute Gasteiger partial charge is 0.157 e. The molecule has 4 aliphatic carbocycles. The lowest BCUT2D eigenvalue weighted by Crippen LogP contribution is -2.62. The van der Waals surface area contributed by atoms with Gasteiger partial charge in [-0.2, -0.15) is 5.10 Å².